The first-order valence-corrected chi connectivity index (χ1v) is 19.7. The molecule has 47 heavy (non-hydrogen) atoms. The third kappa shape index (κ3) is 17.6. The second-order valence-corrected chi connectivity index (χ2v) is 14.0. The number of unbranched alkanes of at least 4 members (excludes halogenated alkanes) is 7. The van der Waals surface area contributed by atoms with Gasteiger partial charge in [-0.3, -0.25) is 0 Å². The molecule has 3 rings (SSSR count). The Labute approximate surface area is 293 Å². The van der Waals surface area contributed by atoms with E-state index < -0.39 is 6.10 Å². The van der Waals surface area contributed by atoms with E-state index in [2.05, 4.69) is 83.0 Å². The number of rotatable bonds is 18. The maximum absolute atomic E-state index is 8.85. The van der Waals surface area contributed by atoms with Crippen LogP contribution in [0.3, 0.4) is 0 Å². The monoisotopic (exact) mass is 643 g/mol. The van der Waals surface area contributed by atoms with Gasteiger partial charge in [0, 0.05) is 5.57 Å². The van der Waals surface area contributed by atoms with E-state index in [0.29, 0.717) is 6.42 Å². The molecule has 2 aliphatic rings. The van der Waals surface area contributed by atoms with Gasteiger partial charge in [-0.15, -0.1) is 18.9 Å². The second-order valence-electron chi connectivity index (χ2n) is 14.0. The highest BCUT2D eigenvalue weighted by Crippen LogP contribution is 2.38. The molecule has 1 aromatic rings. The molecule has 0 radical (unpaired) electrons. The number of aliphatic hydroxyl groups is 1. The van der Waals surface area contributed by atoms with Crippen LogP contribution >= 0.6 is 0 Å². The summed E-state index contributed by atoms with van der Waals surface area (Å²) in [4.78, 5) is 0. The van der Waals surface area contributed by atoms with Gasteiger partial charge in [0.25, 0.3) is 0 Å². The van der Waals surface area contributed by atoms with Crippen LogP contribution in [0, 0.1) is 5.92 Å². The fourth-order valence-corrected chi connectivity index (χ4v) is 7.02. The smallest absolute Gasteiger partial charge is 0.0755 e. The van der Waals surface area contributed by atoms with E-state index in [4.69, 9.17) is 5.11 Å². The summed E-state index contributed by atoms with van der Waals surface area (Å²) in [5.41, 5.74) is 13.4. The van der Waals surface area contributed by atoms with Gasteiger partial charge in [-0.25, -0.2) is 0 Å². The summed E-state index contributed by atoms with van der Waals surface area (Å²) < 4.78 is 0. The largest absolute Gasteiger partial charge is 0.389 e. The summed E-state index contributed by atoms with van der Waals surface area (Å²) in [5, 5.41) is 8.85. The van der Waals surface area contributed by atoms with Crippen molar-refractivity contribution in [2.45, 2.75) is 182 Å². The average Bonchev–Trinajstić information content (AvgIpc) is 3.42. The zero-order valence-electron chi connectivity index (χ0n) is 32.1. The first-order valence-electron chi connectivity index (χ1n) is 19.7. The SMILES string of the molecule is C=CC(O)CC(=C)C.CC.CCCCCCCC1=CC=C=C(c2ccc(C3CCCC(CCCCCC)CC3)c(CCC)c2)C=C1C. The summed E-state index contributed by atoms with van der Waals surface area (Å²) in [7, 11) is 0. The van der Waals surface area contributed by atoms with E-state index in [0.717, 1.165) is 17.4 Å². The Morgan fingerprint density at radius 2 is 1.62 bits per heavy atom. The molecule has 0 aliphatic heterocycles. The molecule has 1 fully saturated rings. The summed E-state index contributed by atoms with van der Waals surface area (Å²) >= 11 is 0. The molecule has 3 atom stereocenters. The van der Waals surface area contributed by atoms with Crippen molar-refractivity contribution in [2.24, 2.45) is 5.92 Å². The van der Waals surface area contributed by atoms with E-state index >= 15 is 0 Å². The molecule has 3 unspecified atom stereocenters. The predicted molar refractivity (Wildman–Crippen MR) is 212 cm³/mol. The average molecular weight is 643 g/mol. The molecule has 1 nitrogen and oxygen atoms in total. The van der Waals surface area contributed by atoms with Crippen molar-refractivity contribution in [1.82, 2.24) is 0 Å². The topological polar surface area (TPSA) is 20.2 Å². The fourth-order valence-electron chi connectivity index (χ4n) is 7.02. The van der Waals surface area contributed by atoms with Crippen molar-refractivity contribution in [3.8, 4) is 0 Å². The molecule has 0 saturated heterocycles. The number of aryl methyl sites for hydroxylation is 1. The zero-order valence-corrected chi connectivity index (χ0v) is 32.1. The summed E-state index contributed by atoms with van der Waals surface area (Å²) in [5.74, 6) is 1.73. The van der Waals surface area contributed by atoms with Crippen LogP contribution in [0.15, 0.2) is 78.1 Å². The third-order valence-electron chi connectivity index (χ3n) is 9.74. The van der Waals surface area contributed by atoms with Crippen LogP contribution in [-0.4, -0.2) is 11.2 Å². The highest BCUT2D eigenvalue weighted by molar-refractivity contribution is 5.76. The Kier molecular flexibility index (Phi) is 24.2. The molecule has 264 valence electrons. The lowest BCUT2D eigenvalue weighted by atomic mass is 9.84. The third-order valence-corrected chi connectivity index (χ3v) is 9.74. The van der Waals surface area contributed by atoms with Crippen LogP contribution in [0.1, 0.15) is 187 Å². The lowest BCUT2D eigenvalue weighted by Gasteiger charge is -2.20. The highest BCUT2D eigenvalue weighted by atomic mass is 16.3. The minimum Gasteiger partial charge on any atom is -0.389 e. The maximum Gasteiger partial charge on any atom is 0.0755 e. The Morgan fingerprint density at radius 1 is 0.915 bits per heavy atom. The van der Waals surface area contributed by atoms with Crippen LogP contribution in [0.5, 0.6) is 0 Å². The van der Waals surface area contributed by atoms with Crippen molar-refractivity contribution < 1.29 is 5.11 Å². The first-order chi connectivity index (χ1) is 22.8. The van der Waals surface area contributed by atoms with Gasteiger partial charge in [0.15, 0.2) is 0 Å². The first kappa shape index (κ1) is 42.7. The molecule has 0 amide bonds. The van der Waals surface area contributed by atoms with Gasteiger partial charge in [-0.1, -0.05) is 148 Å². The molecule has 0 spiro atoms. The number of hydrogen-bond acceptors (Lipinski definition) is 1. The van der Waals surface area contributed by atoms with Gasteiger partial charge in [0.2, 0.25) is 0 Å². The van der Waals surface area contributed by atoms with E-state index in [1.807, 2.05) is 20.8 Å². The Hall–Kier alpha value is -2.34. The molecule has 0 bridgehead atoms. The predicted octanol–water partition coefficient (Wildman–Crippen LogP) is 14.6. The van der Waals surface area contributed by atoms with E-state index in [9.17, 15) is 0 Å². The Balaban J connectivity index is 0.000000964. The summed E-state index contributed by atoms with van der Waals surface area (Å²) in [6.07, 6.45) is 33.1. The number of hydrogen-bond donors (Lipinski definition) is 1. The van der Waals surface area contributed by atoms with Crippen LogP contribution in [0.4, 0.5) is 0 Å². The van der Waals surface area contributed by atoms with Crippen LogP contribution in [0.2, 0.25) is 0 Å². The van der Waals surface area contributed by atoms with Crippen molar-refractivity contribution in [3.63, 3.8) is 0 Å². The van der Waals surface area contributed by atoms with Crippen molar-refractivity contribution in [3.05, 3.63) is 94.8 Å². The Morgan fingerprint density at radius 3 is 2.26 bits per heavy atom. The van der Waals surface area contributed by atoms with E-state index in [1.165, 1.54) is 144 Å². The van der Waals surface area contributed by atoms with E-state index in [1.54, 1.807) is 11.1 Å². The highest BCUT2D eigenvalue weighted by Gasteiger charge is 2.22. The molecule has 1 N–H and O–H groups in total. The standard InChI is InChI=1S/C37H56.C7H12O.C2H6/c1-5-8-10-12-14-20-32-21-16-23-34(28-30(32)4)35-26-27-37(36(29-35)17-7-3)33-22-15-19-31(24-25-33)18-13-11-9-6-2;1-4-7(8)5-6(2)3;1-2/h16,21,26-29,31,33H,5-15,17-20,22,24-25H2,1-4H3;4,7-8H,1-2,5H2,3H3;1-2H3. The number of allylic oxidation sites excluding steroid dienone is 5. The van der Waals surface area contributed by atoms with Crippen molar-refractivity contribution in [1.29, 1.82) is 0 Å². The van der Waals surface area contributed by atoms with Crippen LogP contribution in [-0.2, 0) is 6.42 Å². The van der Waals surface area contributed by atoms with Gasteiger partial charge in [-0.2, -0.15) is 0 Å². The molecule has 0 aromatic heterocycles. The van der Waals surface area contributed by atoms with Crippen LogP contribution < -0.4 is 0 Å². The second kappa shape index (κ2) is 26.6. The fraction of sp³-hybridized carbons (Fsp3) is 0.630. The minimum atomic E-state index is -0.410. The minimum absolute atomic E-state index is 0.410. The molecule has 1 heteroatoms. The molecule has 1 saturated carbocycles. The summed E-state index contributed by atoms with van der Waals surface area (Å²) in [6, 6.07) is 7.41. The normalized spacial score (nSPS) is 18.2. The van der Waals surface area contributed by atoms with Crippen molar-refractivity contribution >= 4 is 5.57 Å². The maximum atomic E-state index is 8.85. The molecular weight excluding hydrogens is 569 g/mol. The van der Waals surface area contributed by atoms with Gasteiger partial charge >= 0.3 is 0 Å². The quantitative estimate of drug-likeness (QED) is 0.0731. The van der Waals surface area contributed by atoms with Crippen LogP contribution in [0.25, 0.3) is 5.57 Å². The van der Waals surface area contributed by atoms with E-state index in [-0.39, 0.29) is 0 Å². The lowest BCUT2D eigenvalue weighted by Crippen LogP contribution is -2.04. The Bertz CT molecular complexity index is 1140. The number of aliphatic hydroxyl groups excluding tert-OH is 1. The van der Waals surface area contributed by atoms with Gasteiger partial charge in [0.1, 0.15) is 0 Å². The molecule has 2 aliphatic carbocycles. The molecule has 0 heterocycles. The molecule has 1 aromatic carbocycles. The number of benzene rings is 1. The van der Waals surface area contributed by atoms with Gasteiger partial charge in [-0.05, 0) is 111 Å². The van der Waals surface area contributed by atoms with Gasteiger partial charge < -0.3 is 5.11 Å². The molecular formula is C46H74O. The van der Waals surface area contributed by atoms with Gasteiger partial charge in [0.05, 0.1) is 6.10 Å². The van der Waals surface area contributed by atoms with Crippen molar-refractivity contribution in [2.75, 3.05) is 0 Å². The zero-order chi connectivity index (χ0) is 34.9. The lowest BCUT2D eigenvalue weighted by molar-refractivity contribution is 0.224. The summed E-state index contributed by atoms with van der Waals surface area (Å²) in [6.45, 7) is 22.2.